The minimum Gasteiger partial charge on any atom is -0.464 e. The molecule has 1 aliphatic rings. The molecule has 2 heterocycles. The molecule has 0 unspecified atom stereocenters. The summed E-state index contributed by atoms with van der Waals surface area (Å²) in [4.78, 5) is 16.2. The second-order valence-corrected chi connectivity index (χ2v) is 6.00. The summed E-state index contributed by atoms with van der Waals surface area (Å²) in [6, 6.07) is 8.64. The van der Waals surface area contributed by atoms with Crippen molar-refractivity contribution in [1.29, 1.82) is 0 Å². The number of hydrogen-bond acceptors (Lipinski definition) is 3. The van der Waals surface area contributed by atoms with Crippen LogP contribution < -0.4 is 4.90 Å². The van der Waals surface area contributed by atoms with E-state index in [2.05, 4.69) is 4.98 Å². The van der Waals surface area contributed by atoms with Crippen molar-refractivity contribution in [2.24, 2.45) is 0 Å². The first-order valence-electron chi connectivity index (χ1n) is 8.15. The number of carbonyl (C=O) groups is 1. The highest BCUT2D eigenvalue weighted by Gasteiger charge is 2.41. The first-order chi connectivity index (χ1) is 11.9. The number of piperidine rings is 1. The quantitative estimate of drug-likeness (QED) is 0.829. The van der Waals surface area contributed by atoms with Gasteiger partial charge in [-0.05, 0) is 24.8 Å². The van der Waals surface area contributed by atoms with Crippen molar-refractivity contribution < 1.29 is 22.7 Å². The van der Waals surface area contributed by atoms with E-state index in [4.69, 9.17) is 4.74 Å². The number of esters is 1. The molecule has 1 fully saturated rings. The van der Waals surface area contributed by atoms with Crippen LogP contribution in [0.4, 0.5) is 18.9 Å². The third kappa shape index (κ3) is 3.36. The molecular formula is C18H19F3N2O2. The molecule has 1 N–H and O–H groups in total. The molecule has 0 spiro atoms. The molecule has 1 saturated heterocycles. The van der Waals surface area contributed by atoms with Gasteiger partial charge in [0.15, 0.2) is 0 Å². The van der Waals surface area contributed by atoms with Gasteiger partial charge in [0.05, 0.1) is 12.8 Å². The molecule has 0 atom stereocenters. The lowest BCUT2D eigenvalue weighted by molar-refractivity contribution is -0.140. The maximum atomic E-state index is 13.7. The smallest absolute Gasteiger partial charge is 0.433 e. The summed E-state index contributed by atoms with van der Waals surface area (Å²) < 4.78 is 45.7. The summed E-state index contributed by atoms with van der Waals surface area (Å²) in [6.45, 7) is 1.06. The minimum absolute atomic E-state index is 0.0406. The highest BCUT2D eigenvalue weighted by molar-refractivity contribution is 6.01. The van der Waals surface area contributed by atoms with Crippen LogP contribution in [0.15, 0.2) is 30.3 Å². The number of benzene rings is 1. The van der Waals surface area contributed by atoms with E-state index in [-0.39, 0.29) is 16.9 Å². The molecule has 0 amide bonds. The summed E-state index contributed by atoms with van der Waals surface area (Å²) in [6.07, 6.45) is -1.95. The van der Waals surface area contributed by atoms with E-state index in [1.807, 2.05) is 0 Å². The maximum absolute atomic E-state index is 13.7. The molecule has 4 nitrogen and oxygen atoms in total. The average Bonchev–Trinajstić information content (AvgIpc) is 3.03. The lowest BCUT2D eigenvalue weighted by Crippen LogP contribution is -2.31. The zero-order valence-corrected chi connectivity index (χ0v) is 13.8. The van der Waals surface area contributed by atoms with Gasteiger partial charge in [-0.15, -0.1) is 0 Å². The SMILES string of the molecule is COC(=O)c1[nH]c(C(F)(F)F)c(N2CCCCC2)c1-c1ccccc1. The standard InChI is InChI=1S/C18H19F3N2O2/c1-25-17(24)14-13(12-8-4-2-5-9-12)15(16(22-14)18(19,20)21)23-10-6-3-7-11-23/h2,4-5,8-9,22H,3,6-7,10-11H2,1H3. The Bertz CT molecular complexity index is 748. The number of aromatic amines is 1. The molecule has 2 aromatic rings. The molecular weight excluding hydrogens is 333 g/mol. The zero-order valence-electron chi connectivity index (χ0n) is 13.8. The molecule has 134 valence electrons. The summed E-state index contributed by atoms with van der Waals surface area (Å²) in [5.41, 5.74) is -0.217. The number of methoxy groups -OCH3 is 1. The Hall–Kier alpha value is -2.44. The van der Waals surface area contributed by atoms with Crippen molar-refractivity contribution in [3.8, 4) is 11.1 Å². The van der Waals surface area contributed by atoms with Crippen molar-refractivity contribution in [2.75, 3.05) is 25.1 Å². The van der Waals surface area contributed by atoms with Crippen molar-refractivity contribution in [3.63, 3.8) is 0 Å². The monoisotopic (exact) mass is 352 g/mol. The molecule has 1 aliphatic heterocycles. The molecule has 3 rings (SSSR count). The van der Waals surface area contributed by atoms with Crippen LogP contribution in [0, 0.1) is 0 Å². The molecule has 0 bridgehead atoms. The molecule has 0 saturated carbocycles. The van der Waals surface area contributed by atoms with Gasteiger partial charge >= 0.3 is 12.1 Å². The van der Waals surface area contributed by atoms with E-state index >= 15 is 0 Å². The average molecular weight is 352 g/mol. The van der Waals surface area contributed by atoms with Crippen molar-refractivity contribution in [1.82, 2.24) is 4.98 Å². The Balaban J connectivity index is 2.27. The number of alkyl halides is 3. The second-order valence-electron chi connectivity index (χ2n) is 6.00. The van der Waals surface area contributed by atoms with Gasteiger partial charge in [0.25, 0.3) is 0 Å². The lowest BCUT2D eigenvalue weighted by atomic mass is 10.0. The predicted molar refractivity (Wildman–Crippen MR) is 88.6 cm³/mol. The van der Waals surface area contributed by atoms with Crippen LogP contribution in [0.1, 0.15) is 35.4 Å². The van der Waals surface area contributed by atoms with Crippen LogP contribution in [0.3, 0.4) is 0 Å². The van der Waals surface area contributed by atoms with Crippen LogP contribution >= 0.6 is 0 Å². The molecule has 25 heavy (non-hydrogen) atoms. The van der Waals surface area contributed by atoms with E-state index in [0.717, 1.165) is 26.4 Å². The van der Waals surface area contributed by atoms with E-state index < -0.39 is 17.8 Å². The van der Waals surface area contributed by atoms with Crippen LogP contribution in [0.25, 0.3) is 11.1 Å². The van der Waals surface area contributed by atoms with Crippen molar-refractivity contribution in [3.05, 3.63) is 41.7 Å². The third-order valence-electron chi connectivity index (χ3n) is 4.38. The fourth-order valence-electron chi connectivity index (χ4n) is 3.27. The van der Waals surface area contributed by atoms with Gasteiger partial charge in [-0.25, -0.2) is 4.79 Å². The van der Waals surface area contributed by atoms with Crippen LogP contribution in [-0.4, -0.2) is 31.2 Å². The van der Waals surface area contributed by atoms with Gasteiger partial charge in [-0.2, -0.15) is 13.2 Å². The lowest BCUT2D eigenvalue weighted by Gasteiger charge is -2.30. The molecule has 0 aliphatic carbocycles. The van der Waals surface area contributed by atoms with Gasteiger partial charge in [0.2, 0.25) is 0 Å². The van der Waals surface area contributed by atoms with E-state index in [9.17, 15) is 18.0 Å². The molecule has 1 aromatic heterocycles. The number of rotatable bonds is 3. The number of ether oxygens (including phenoxy) is 1. The van der Waals surface area contributed by atoms with E-state index in [1.165, 1.54) is 0 Å². The Kier molecular flexibility index (Phi) is 4.74. The van der Waals surface area contributed by atoms with Crippen LogP contribution in [0.2, 0.25) is 0 Å². The third-order valence-corrected chi connectivity index (χ3v) is 4.38. The van der Waals surface area contributed by atoms with Crippen molar-refractivity contribution >= 4 is 11.7 Å². The van der Waals surface area contributed by atoms with E-state index in [1.54, 1.807) is 35.2 Å². The van der Waals surface area contributed by atoms with Gasteiger partial charge in [0, 0.05) is 18.7 Å². The summed E-state index contributed by atoms with van der Waals surface area (Å²) in [5, 5.41) is 0. The summed E-state index contributed by atoms with van der Waals surface area (Å²) >= 11 is 0. The predicted octanol–water partition coefficient (Wildman–Crippen LogP) is 4.48. The fourth-order valence-corrected chi connectivity index (χ4v) is 3.27. The topological polar surface area (TPSA) is 45.3 Å². The maximum Gasteiger partial charge on any atom is 0.433 e. The normalized spacial score (nSPS) is 15.3. The van der Waals surface area contributed by atoms with Gasteiger partial charge in [0.1, 0.15) is 11.4 Å². The van der Waals surface area contributed by atoms with Gasteiger partial charge < -0.3 is 14.6 Å². The molecule has 1 aromatic carbocycles. The van der Waals surface area contributed by atoms with Crippen LogP contribution in [0.5, 0.6) is 0 Å². The number of H-pyrrole nitrogens is 1. The number of nitrogens with one attached hydrogen (secondary N) is 1. The largest absolute Gasteiger partial charge is 0.464 e. The Labute approximate surface area is 143 Å². The highest BCUT2D eigenvalue weighted by atomic mass is 19.4. The number of aromatic nitrogens is 1. The fraction of sp³-hybridized carbons (Fsp3) is 0.389. The highest BCUT2D eigenvalue weighted by Crippen LogP contribution is 2.45. The number of anilines is 1. The van der Waals surface area contributed by atoms with Crippen molar-refractivity contribution in [2.45, 2.75) is 25.4 Å². The number of halogens is 3. The first-order valence-corrected chi connectivity index (χ1v) is 8.15. The zero-order chi connectivity index (χ0) is 18.0. The van der Waals surface area contributed by atoms with Gasteiger partial charge in [-0.1, -0.05) is 30.3 Å². The summed E-state index contributed by atoms with van der Waals surface area (Å²) in [7, 11) is 1.16. The van der Waals surface area contributed by atoms with E-state index in [0.29, 0.717) is 18.7 Å². The minimum atomic E-state index is -4.59. The van der Waals surface area contributed by atoms with Gasteiger partial charge in [-0.3, -0.25) is 0 Å². The second kappa shape index (κ2) is 6.82. The number of carbonyl (C=O) groups excluding carboxylic acids is 1. The number of nitrogens with zero attached hydrogens (tertiary/aromatic N) is 1. The summed E-state index contributed by atoms with van der Waals surface area (Å²) in [5.74, 6) is -0.812. The Morgan fingerprint density at radius 1 is 1.12 bits per heavy atom. The number of hydrogen-bond donors (Lipinski definition) is 1. The van der Waals surface area contributed by atoms with Crippen LogP contribution in [-0.2, 0) is 10.9 Å². The first kappa shape index (κ1) is 17.4. The Morgan fingerprint density at radius 3 is 2.32 bits per heavy atom. The molecule has 0 radical (unpaired) electrons. The molecule has 7 heteroatoms. The Morgan fingerprint density at radius 2 is 1.76 bits per heavy atom.